The SMILES string of the molecule is Cc1ccc2cccc(-n3c(=O)[nH]c4cc(-c5ccccc5Cl)sc4c3=O)c2c1. The number of aromatic amines is 1. The van der Waals surface area contributed by atoms with E-state index in [0.717, 1.165) is 26.8 Å². The fourth-order valence-corrected chi connectivity index (χ4v) is 4.96. The molecule has 0 fully saturated rings. The van der Waals surface area contributed by atoms with E-state index in [1.165, 1.54) is 15.9 Å². The van der Waals surface area contributed by atoms with E-state index in [1.54, 1.807) is 12.1 Å². The number of fused-ring (bicyclic) bond motifs is 2. The highest BCUT2D eigenvalue weighted by Crippen LogP contribution is 2.35. The summed E-state index contributed by atoms with van der Waals surface area (Å²) in [6.07, 6.45) is 0. The van der Waals surface area contributed by atoms with Gasteiger partial charge in [0.2, 0.25) is 0 Å². The molecule has 0 atom stereocenters. The molecular formula is C23H15ClN2O2S. The number of hydrogen-bond donors (Lipinski definition) is 1. The van der Waals surface area contributed by atoms with Crippen molar-refractivity contribution in [1.29, 1.82) is 0 Å². The Morgan fingerprint density at radius 2 is 1.79 bits per heavy atom. The smallest absolute Gasteiger partial charge is 0.306 e. The summed E-state index contributed by atoms with van der Waals surface area (Å²) in [4.78, 5) is 29.9. The predicted molar refractivity (Wildman–Crippen MR) is 121 cm³/mol. The van der Waals surface area contributed by atoms with Gasteiger partial charge in [0.1, 0.15) is 4.70 Å². The van der Waals surface area contributed by atoms with Crippen molar-refractivity contribution in [1.82, 2.24) is 9.55 Å². The Bertz CT molecular complexity index is 1530. The highest BCUT2D eigenvalue weighted by atomic mass is 35.5. The first kappa shape index (κ1) is 17.9. The van der Waals surface area contributed by atoms with Crippen LogP contribution in [0.4, 0.5) is 0 Å². The van der Waals surface area contributed by atoms with Gasteiger partial charge in [-0.05, 0) is 36.6 Å². The van der Waals surface area contributed by atoms with E-state index in [9.17, 15) is 9.59 Å². The lowest BCUT2D eigenvalue weighted by Crippen LogP contribution is -2.33. The summed E-state index contributed by atoms with van der Waals surface area (Å²) < 4.78 is 1.71. The molecule has 2 aromatic heterocycles. The second-order valence-electron chi connectivity index (χ2n) is 6.91. The summed E-state index contributed by atoms with van der Waals surface area (Å²) in [7, 11) is 0. The van der Waals surface area contributed by atoms with Gasteiger partial charge in [0.25, 0.3) is 5.56 Å². The lowest BCUT2D eigenvalue weighted by Gasteiger charge is -2.09. The second-order valence-corrected chi connectivity index (χ2v) is 8.37. The number of nitrogens with zero attached hydrogens (tertiary/aromatic N) is 1. The zero-order valence-electron chi connectivity index (χ0n) is 15.4. The molecule has 29 heavy (non-hydrogen) atoms. The van der Waals surface area contributed by atoms with Gasteiger partial charge in [0.05, 0.1) is 11.2 Å². The molecule has 5 aromatic rings. The van der Waals surface area contributed by atoms with E-state index in [1.807, 2.05) is 61.5 Å². The minimum Gasteiger partial charge on any atom is -0.306 e. The zero-order valence-corrected chi connectivity index (χ0v) is 17.0. The first-order valence-corrected chi connectivity index (χ1v) is 10.3. The minimum absolute atomic E-state index is 0.332. The quantitative estimate of drug-likeness (QED) is 0.410. The number of halogens is 1. The third-order valence-electron chi connectivity index (χ3n) is 4.97. The molecule has 4 nitrogen and oxygen atoms in total. The van der Waals surface area contributed by atoms with Crippen molar-refractivity contribution in [2.75, 3.05) is 0 Å². The van der Waals surface area contributed by atoms with Crippen LogP contribution >= 0.6 is 22.9 Å². The largest absolute Gasteiger partial charge is 0.333 e. The fraction of sp³-hybridized carbons (Fsp3) is 0.0435. The summed E-state index contributed by atoms with van der Waals surface area (Å²) >= 11 is 7.65. The molecule has 0 aliphatic rings. The van der Waals surface area contributed by atoms with Crippen LogP contribution in [0.25, 0.3) is 37.1 Å². The van der Waals surface area contributed by atoms with Crippen LogP contribution in [0, 0.1) is 6.92 Å². The molecule has 3 aromatic carbocycles. The number of nitrogens with one attached hydrogen (secondary N) is 1. The Balaban J connectivity index is 1.81. The van der Waals surface area contributed by atoms with Crippen LogP contribution in [0.2, 0.25) is 5.02 Å². The Hall–Kier alpha value is -3.15. The second kappa shape index (κ2) is 6.72. The molecule has 0 radical (unpaired) electrons. The highest BCUT2D eigenvalue weighted by Gasteiger charge is 2.16. The molecular weight excluding hydrogens is 404 g/mol. The van der Waals surface area contributed by atoms with Gasteiger partial charge in [-0.3, -0.25) is 4.79 Å². The van der Waals surface area contributed by atoms with Crippen molar-refractivity contribution < 1.29 is 0 Å². The maximum atomic E-state index is 13.3. The topological polar surface area (TPSA) is 54.9 Å². The van der Waals surface area contributed by atoms with Crippen molar-refractivity contribution in [3.05, 3.63) is 98.2 Å². The van der Waals surface area contributed by atoms with Crippen molar-refractivity contribution >= 4 is 43.9 Å². The van der Waals surface area contributed by atoms with Gasteiger partial charge >= 0.3 is 5.69 Å². The average molecular weight is 419 g/mol. The molecule has 0 saturated heterocycles. The van der Waals surface area contributed by atoms with Gasteiger partial charge in [-0.1, -0.05) is 59.6 Å². The molecule has 0 aliphatic carbocycles. The molecule has 0 unspecified atom stereocenters. The molecule has 0 aliphatic heterocycles. The lowest BCUT2D eigenvalue weighted by molar-refractivity contribution is 0.911. The molecule has 5 rings (SSSR count). The number of aryl methyl sites for hydroxylation is 1. The van der Waals surface area contributed by atoms with Crippen LogP contribution in [0.15, 0.2) is 76.3 Å². The molecule has 1 N–H and O–H groups in total. The van der Waals surface area contributed by atoms with Crippen molar-refractivity contribution in [3.8, 4) is 16.1 Å². The fourth-order valence-electron chi connectivity index (χ4n) is 3.59. The van der Waals surface area contributed by atoms with E-state index in [4.69, 9.17) is 11.6 Å². The maximum Gasteiger partial charge on any atom is 0.333 e. The van der Waals surface area contributed by atoms with Gasteiger partial charge < -0.3 is 4.98 Å². The van der Waals surface area contributed by atoms with E-state index in [-0.39, 0.29) is 5.56 Å². The molecule has 142 valence electrons. The lowest BCUT2D eigenvalue weighted by atomic mass is 10.1. The van der Waals surface area contributed by atoms with Gasteiger partial charge in [-0.25, -0.2) is 9.36 Å². The average Bonchev–Trinajstić information content (AvgIpc) is 3.12. The van der Waals surface area contributed by atoms with Crippen molar-refractivity contribution in [2.45, 2.75) is 6.92 Å². The monoisotopic (exact) mass is 418 g/mol. The van der Waals surface area contributed by atoms with Crippen LogP contribution < -0.4 is 11.2 Å². The summed E-state index contributed by atoms with van der Waals surface area (Å²) in [5, 5.41) is 2.44. The standard InChI is InChI=1S/C23H15ClN2O2S/c1-13-9-10-14-5-4-8-19(16(14)11-13)26-22(27)21-18(25-23(26)28)12-20(29-21)15-6-2-3-7-17(15)24/h2-12H,1H3,(H,25,28). The maximum absolute atomic E-state index is 13.3. The number of rotatable bonds is 2. The van der Waals surface area contributed by atoms with Gasteiger partial charge in [0, 0.05) is 20.8 Å². The Morgan fingerprint density at radius 3 is 2.62 bits per heavy atom. The summed E-state index contributed by atoms with van der Waals surface area (Å²) in [6.45, 7) is 1.99. The van der Waals surface area contributed by atoms with Gasteiger partial charge in [-0.15, -0.1) is 11.3 Å². The molecule has 0 spiro atoms. The van der Waals surface area contributed by atoms with Crippen LogP contribution in [0.1, 0.15) is 5.56 Å². The zero-order chi connectivity index (χ0) is 20.1. The Morgan fingerprint density at radius 1 is 0.966 bits per heavy atom. The van der Waals surface area contributed by atoms with E-state index < -0.39 is 5.69 Å². The molecule has 0 amide bonds. The van der Waals surface area contributed by atoms with Crippen LogP contribution in [-0.2, 0) is 0 Å². The highest BCUT2D eigenvalue weighted by molar-refractivity contribution is 7.22. The van der Waals surface area contributed by atoms with E-state index in [2.05, 4.69) is 4.98 Å². The first-order valence-electron chi connectivity index (χ1n) is 9.06. The normalized spacial score (nSPS) is 11.4. The van der Waals surface area contributed by atoms with Gasteiger partial charge in [0.15, 0.2) is 0 Å². The van der Waals surface area contributed by atoms with Crippen LogP contribution in [0.5, 0.6) is 0 Å². The Labute approximate surface area is 174 Å². The van der Waals surface area contributed by atoms with Crippen molar-refractivity contribution in [3.63, 3.8) is 0 Å². The Kier molecular flexibility index (Phi) is 4.15. The molecule has 2 heterocycles. The third-order valence-corrected chi connectivity index (χ3v) is 6.45. The van der Waals surface area contributed by atoms with Gasteiger partial charge in [-0.2, -0.15) is 0 Å². The first-order chi connectivity index (χ1) is 14.0. The van der Waals surface area contributed by atoms with Crippen LogP contribution in [-0.4, -0.2) is 9.55 Å². The van der Waals surface area contributed by atoms with E-state index in [0.29, 0.717) is 20.9 Å². The number of benzene rings is 3. The number of thiophene rings is 1. The molecule has 6 heteroatoms. The number of hydrogen-bond acceptors (Lipinski definition) is 3. The number of H-pyrrole nitrogens is 1. The van der Waals surface area contributed by atoms with E-state index >= 15 is 0 Å². The minimum atomic E-state index is -0.458. The molecule has 0 bridgehead atoms. The number of aromatic nitrogens is 2. The summed E-state index contributed by atoms with van der Waals surface area (Å²) in [6, 6.07) is 20.9. The summed E-state index contributed by atoms with van der Waals surface area (Å²) in [5.41, 5.74) is 2.20. The summed E-state index contributed by atoms with van der Waals surface area (Å²) in [5.74, 6) is 0. The molecule has 0 saturated carbocycles. The third kappa shape index (κ3) is 2.90. The van der Waals surface area contributed by atoms with Crippen LogP contribution in [0.3, 0.4) is 0 Å². The van der Waals surface area contributed by atoms with Crippen molar-refractivity contribution in [2.24, 2.45) is 0 Å². The predicted octanol–water partition coefficient (Wildman–Crippen LogP) is 5.52.